The Morgan fingerprint density at radius 3 is 2.35 bits per heavy atom. The zero-order valence-electron chi connectivity index (χ0n) is 12.7. The van der Waals surface area contributed by atoms with E-state index in [-0.39, 0.29) is 11.9 Å². The van der Waals surface area contributed by atoms with E-state index in [4.69, 9.17) is 0 Å². The Hall–Kier alpha value is -1.35. The summed E-state index contributed by atoms with van der Waals surface area (Å²) in [6, 6.07) is 8.35. The van der Waals surface area contributed by atoms with Crippen LogP contribution in [0.4, 0.5) is 0 Å². The maximum atomic E-state index is 12.4. The number of amides is 1. The van der Waals surface area contributed by atoms with Crippen molar-refractivity contribution in [2.45, 2.75) is 52.1 Å². The predicted molar refractivity (Wildman–Crippen MR) is 82.5 cm³/mol. The molecule has 1 amide bonds. The van der Waals surface area contributed by atoms with Crippen LogP contribution in [0.15, 0.2) is 24.3 Å². The Kier molecular flexibility index (Phi) is 5.60. The highest BCUT2D eigenvalue weighted by molar-refractivity contribution is 5.81. The lowest BCUT2D eigenvalue weighted by molar-refractivity contribution is -0.133. The first-order chi connectivity index (χ1) is 9.66. The lowest BCUT2D eigenvalue weighted by Crippen LogP contribution is -2.45. The molecule has 1 unspecified atom stereocenters. The summed E-state index contributed by atoms with van der Waals surface area (Å²) in [6.07, 6.45) is 4.82. The number of hydrogen-bond acceptors (Lipinski definition) is 2. The summed E-state index contributed by atoms with van der Waals surface area (Å²) in [4.78, 5) is 14.4. The highest BCUT2D eigenvalue weighted by atomic mass is 16.2. The van der Waals surface area contributed by atoms with Gasteiger partial charge in [0.1, 0.15) is 0 Å². The highest BCUT2D eigenvalue weighted by Gasteiger charge is 2.20. The Morgan fingerprint density at radius 2 is 1.75 bits per heavy atom. The van der Waals surface area contributed by atoms with Gasteiger partial charge in [-0.2, -0.15) is 0 Å². The molecule has 3 heteroatoms. The largest absolute Gasteiger partial charge is 0.341 e. The summed E-state index contributed by atoms with van der Waals surface area (Å²) in [6.45, 7) is 6.66. The Balaban J connectivity index is 1.82. The smallest absolute Gasteiger partial charge is 0.239 e. The number of nitrogens with one attached hydrogen (secondary N) is 1. The highest BCUT2D eigenvalue weighted by Crippen LogP contribution is 2.11. The van der Waals surface area contributed by atoms with Gasteiger partial charge in [-0.25, -0.2) is 0 Å². The molecule has 0 radical (unpaired) electrons. The van der Waals surface area contributed by atoms with Gasteiger partial charge < -0.3 is 10.2 Å². The molecule has 2 rings (SSSR count). The average molecular weight is 274 g/mol. The van der Waals surface area contributed by atoms with Crippen molar-refractivity contribution in [3.05, 3.63) is 35.4 Å². The second-order valence-corrected chi connectivity index (χ2v) is 5.83. The van der Waals surface area contributed by atoms with Crippen LogP contribution in [-0.4, -0.2) is 29.9 Å². The fraction of sp³-hybridized carbons (Fsp3) is 0.588. The van der Waals surface area contributed by atoms with E-state index in [1.165, 1.54) is 24.0 Å². The molecular weight excluding hydrogens is 248 g/mol. The summed E-state index contributed by atoms with van der Waals surface area (Å²) in [7, 11) is 0. The first kappa shape index (κ1) is 15.0. The zero-order valence-corrected chi connectivity index (χ0v) is 12.7. The third-order valence-electron chi connectivity index (χ3n) is 4.02. The van der Waals surface area contributed by atoms with Gasteiger partial charge in [0.2, 0.25) is 5.91 Å². The van der Waals surface area contributed by atoms with Crippen LogP contribution in [-0.2, 0) is 11.3 Å². The maximum absolute atomic E-state index is 12.4. The van der Waals surface area contributed by atoms with Gasteiger partial charge in [0.15, 0.2) is 0 Å². The lowest BCUT2D eigenvalue weighted by Gasteiger charge is -2.24. The summed E-state index contributed by atoms with van der Waals surface area (Å²) >= 11 is 0. The molecule has 0 bridgehead atoms. The van der Waals surface area contributed by atoms with E-state index < -0.39 is 0 Å². The standard InChI is InChI=1S/C17H26N2O/c1-14-7-9-16(10-8-14)13-18-15(2)17(20)19-11-5-3-4-6-12-19/h7-10,15,18H,3-6,11-13H2,1-2H3. The van der Waals surface area contributed by atoms with Crippen LogP contribution in [0.5, 0.6) is 0 Å². The second-order valence-electron chi connectivity index (χ2n) is 5.83. The quantitative estimate of drug-likeness (QED) is 0.915. The lowest BCUT2D eigenvalue weighted by atomic mass is 10.1. The molecule has 1 aliphatic heterocycles. The number of nitrogens with zero attached hydrogens (tertiary/aromatic N) is 1. The molecule has 1 aromatic carbocycles. The van der Waals surface area contributed by atoms with Crippen LogP contribution in [0, 0.1) is 6.92 Å². The molecule has 20 heavy (non-hydrogen) atoms. The zero-order chi connectivity index (χ0) is 14.4. The molecule has 0 aliphatic carbocycles. The fourth-order valence-corrected chi connectivity index (χ4v) is 2.63. The average Bonchev–Trinajstić information content (AvgIpc) is 2.74. The van der Waals surface area contributed by atoms with Gasteiger partial charge in [-0.1, -0.05) is 42.7 Å². The van der Waals surface area contributed by atoms with Crippen molar-refractivity contribution in [3.63, 3.8) is 0 Å². The third-order valence-corrected chi connectivity index (χ3v) is 4.02. The van der Waals surface area contributed by atoms with Crippen LogP contribution < -0.4 is 5.32 Å². The normalized spacial score (nSPS) is 17.6. The first-order valence-electron chi connectivity index (χ1n) is 7.74. The molecule has 0 saturated carbocycles. The number of rotatable bonds is 4. The van der Waals surface area contributed by atoms with Crippen molar-refractivity contribution >= 4 is 5.91 Å². The van der Waals surface area contributed by atoms with Crippen LogP contribution in [0.2, 0.25) is 0 Å². The minimum absolute atomic E-state index is 0.102. The van der Waals surface area contributed by atoms with Crippen LogP contribution in [0.1, 0.15) is 43.7 Å². The molecule has 3 nitrogen and oxygen atoms in total. The van der Waals surface area contributed by atoms with E-state index in [1.807, 2.05) is 11.8 Å². The fourth-order valence-electron chi connectivity index (χ4n) is 2.63. The van der Waals surface area contributed by atoms with E-state index in [0.29, 0.717) is 0 Å². The van der Waals surface area contributed by atoms with Crippen molar-refractivity contribution in [3.8, 4) is 0 Å². The Labute approximate surface area is 122 Å². The number of carbonyl (C=O) groups is 1. The van der Waals surface area contributed by atoms with Crippen molar-refractivity contribution in [1.82, 2.24) is 10.2 Å². The number of likely N-dealkylation sites (tertiary alicyclic amines) is 1. The SMILES string of the molecule is Cc1ccc(CNC(C)C(=O)N2CCCCCC2)cc1. The van der Waals surface area contributed by atoms with E-state index in [0.717, 1.165) is 32.5 Å². The summed E-state index contributed by atoms with van der Waals surface area (Å²) in [5.41, 5.74) is 2.49. The van der Waals surface area contributed by atoms with E-state index >= 15 is 0 Å². The van der Waals surface area contributed by atoms with Crippen LogP contribution in [0.25, 0.3) is 0 Å². The van der Waals surface area contributed by atoms with Gasteiger partial charge in [-0.15, -0.1) is 0 Å². The van der Waals surface area contributed by atoms with E-state index in [9.17, 15) is 4.79 Å². The summed E-state index contributed by atoms with van der Waals surface area (Å²) < 4.78 is 0. The molecule has 1 aromatic rings. The molecule has 1 atom stereocenters. The molecule has 1 fully saturated rings. The Morgan fingerprint density at radius 1 is 1.15 bits per heavy atom. The molecule has 0 spiro atoms. The van der Waals surface area contributed by atoms with Gasteiger partial charge in [0.25, 0.3) is 0 Å². The third kappa shape index (κ3) is 4.34. The van der Waals surface area contributed by atoms with Crippen LogP contribution in [0.3, 0.4) is 0 Å². The van der Waals surface area contributed by atoms with E-state index in [1.54, 1.807) is 0 Å². The van der Waals surface area contributed by atoms with Crippen molar-refractivity contribution < 1.29 is 4.79 Å². The van der Waals surface area contributed by atoms with Gasteiger partial charge in [-0.05, 0) is 32.3 Å². The van der Waals surface area contributed by atoms with Crippen molar-refractivity contribution in [2.75, 3.05) is 13.1 Å². The van der Waals surface area contributed by atoms with Crippen molar-refractivity contribution in [1.29, 1.82) is 0 Å². The first-order valence-corrected chi connectivity index (χ1v) is 7.74. The van der Waals surface area contributed by atoms with Gasteiger partial charge in [-0.3, -0.25) is 4.79 Å². The second kappa shape index (κ2) is 7.44. The molecular formula is C17H26N2O. The van der Waals surface area contributed by atoms with Gasteiger partial charge in [0, 0.05) is 19.6 Å². The number of benzene rings is 1. The Bertz CT molecular complexity index is 419. The molecule has 110 valence electrons. The molecule has 1 N–H and O–H groups in total. The van der Waals surface area contributed by atoms with Gasteiger partial charge >= 0.3 is 0 Å². The number of aryl methyl sites for hydroxylation is 1. The van der Waals surface area contributed by atoms with Crippen LogP contribution >= 0.6 is 0 Å². The van der Waals surface area contributed by atoms with Gasteiger partial charge in [0.05, 0.1) is 6.04 Å². The van der Waals surface area contributed by atoms with E-state index in [2.05, 4.69) is 36.5 Å². The molecule has 1 saturated heterocycles. The minimum Gasteiger partial charge on any atom is -0.341 e. The monoisotopic (exact) mass is 274 g/mol. The van der Waals surface area contributed by atoms with Crippen molar-refractivity contribution in [2.24, 2.45) is 0 Å². The summed E-state index contributed by atoms with van der Waals surface area (Å²) in [5.74, 6) is 0.249. The predicted octanol–water partition coefficient (Wildman–Crippen LogP) is 2.88. The summed E-state index contributed by atoms with van der Waals surface area (Å²) in [5, 5.41) is 3.34. The topological polar surface area (TPSA) is 32.3 Å². The number of hydrogen-bond donors (Lipinski definition) is 1. The molecule has 1 aliphatic rings. The minimum atomic E-state index is -0.102. The maximum Gasteiger partial charge on any atom is 0.239 e. The molecule has 0 aromatic heterocycles. The number of carbonyl (C=O) groups excluding carboxylic acids is 1. The molecule has 1 heterocycles.